The second kappa shape index (κ2) is 2.25. The third-order valence-electron chi connectivity index (χ3n) is 4.97. The first-order chi connectivity index (χ1) is 6.33. The van der Waals surface area contributed by atoms with Gasteiger partial charge in [-0.3, -0.25) is 0 Å². The Kier molecular flexibility index (Phi) is 1.30. The molecule has 5 fully saturated rings. The van der Waals surface area contributed by atoms with Gasteiger partial charge in [-0.25, -0.2) is 0 Å². The molecule has 3 aliphatic carbocycles. The van der Waals surface area contributed by atoms with E-state index in [0.29, 0.717) is 17.6 Å². The Morgan fingerprint density at radius 1 is 0.923 bits per heavy atom. The fraction of sp³-hybridized carbons (Fsp3) is 1.00. The Morgan fingerprint density at radius 2 is 1.69 bits per heavy atom. The lowest BCUT2D eigenvalue weighted by Gasteiger charge is -2.61. The molecule has 0 radical (unpaired) electrons. The minimum Gasteiger partial charge on any atom is -0.373 e. The average Bonchev–Trinajstić information content (AvgIpc) is 2.14. The summed E-state index contributed by atoms with van der Waals surface area (Å²) in [6, 6.07) is 0. The second-order valence-corrected chi connectivity index (χ2v) is 5.97. The molecule has 0 N–H and O–H groups in total. The Morgan fingerprint density at radius 3 is 2.62 bits per heavy atom. The van der Waals surface area contributed by atoms with Gasteiger partial charge in [0.1, 0.15) is 0 Å². The average molecular weight is 199 g/mol. The molecule has 2 heteroatoms. The van der Waals surface area contributed by atoms with Crippen LogP contribution < -0.4 is 0 Å². The maximum Gasteiger partial charge on any atom is 0.0773 e. The van der Waals surface area contributed by atoms with E-state index in [-0.39, 0.29) is 0 Å². The van der Waals surface area contributed by atoms with Crippen LogP contribution in [0.1, 0.15) is 25.7 Å². The van der Waals surface area contributed by atoms with Crippen molar-refractivity contribution in [3.05, 3.63) is 0 Å². The third-order valence-corrected chi connectivity index (χ3v) is 5.54. The number of rotatable bonds is 0. The molecular formula is C11H15ClO. The monoisotopic (exact) mass is 198 g/mol. The van der Waals surface area contributed by atoms with Gasteiger partial charge < -0.3 is 4.74 Å². The number of hydrogen-bond acceptors (Lipinski definition) is 1. The van der Waals surface area contributed by atoms with Gasteiger partial charge in [-0.05, 0) is 49.4 Å². The van der Waals surface area contributed by atoms with Crippen molar-refractivity contribution in [1.82, 2.24) is 0 Å². The highest BCUT2D eigenvalue weighted by Gasteiger charge is 2.58. The number of hydrogen-bond donors (Lipinski definition) is 0. The van der Waals surface area contributed by atoms with E-state index in [9.17, 15) is 0 Å². The highest BCUT2D eigenvalue weighted by molar-refractivity contribution is 6.21. The minimum absolute atomic E-state index is 0.348. The Bertz CT molecular complexity index is 224. The fourth-order valence-electron chi connectivity index (χ4n) is 4.48. The summed E-state index contributed by atoms with van der Waals surface area (Å²) in [4.78, 5) is 0. The molecule has 3 saturated carbocycles. The summed E-state index contributed by atoms with van der Waals surface area (Å²) >= 11 is 6.47. The van der Waals surface area contributed by atoms with E-state index in [0.717, 1.165) is 23.7 Å². The molecule has 13 heavy (non-hydrogen) atoms. The summed E-state index contributed by atoms with van der Waals surface area (Å²) in [6.07, 6.45) is 6.55. The van der Waals surface area contributed by atoms with Crippen LogP contribution in [-0.2, 0) is 4.74 Å². The van der Waals surface area contributed by atoms with Gasteiger partial charge in [-0.15, -0.1) is 11.6 Å². The molecule has 6 bridgehead atoms. The van der Waals surface area contributed by atoms with Gasteiger partial charge in [0.2, 0.25) is 0 Å². The van der Waals surface area contributed by atoms with Gasteiger partial charge in [0.05, 0.1) is 17.6 Å². The molecule has 0 spiro atoms. The van der Waals surface area contributed by atoms with Gasteiger partial charge in [-0.2, -0.15) is 0 Å². The molecule has 0 aromatic carbocycles. The van der Waals surface area contributed by atoms with Crippen molar-refractivity contribution < 1.29 is 4.74 Å². The van der Waals surface area contributed by atoms with Crippen LogP contribution in [0.5, 0.6) is 0 Å². The molecule has 2 aliphatic heterocycles. The van der Waals surface area contributed by atoms with Crippen LogP contribution in [0.2, 0.25) is 0 Å². The van der Waals surface area contributed by atoms with E-state index in [1.807, 2.05) is 0 Å². The highest BCUT2D eigenvalue weighted by Crippen LogP contribution is 2.59. The van der Waals surface area contributed by atoms with Crippen LogP contribution in [0, 0.1) is 23.7 Å². The van der Waals surface area contributed by atoms with E-state index in [1.165, 1.54) is 25.7 Å². The zero-order valence-corrected chi connectivity index (χ0v) is 8.41. The van der Waals surface area contributed by atoms with Crippen molar-refractivity contribution in [1.29, 1.82) is 0 Å². The SMILES string of the molecule is ClC1C2CC3OC1C1CC3CC2C1. The Balaban J connectivity index is 1.82. The summed E-state index contributed by atoms with van der Waals surface area (Å²) < 4.78 is 6.09. The van der Waals surface area contributed by atoms with Gasteiger partial charge in [-0.1, -0.05) is 0 Å². The van der Waals surface area contributed by atoms with E-state index in [2.05, 4.69) is 0 Å². The molecule has 7 atom stereocenters. The van der Waals surface area contributed by atoms with E-state index >= 15 is 0 Å². The summed E-state index contributed by atoms with van der Waals surface area (Å²) in [7, 11) is 0. The lowest BCUT2D eigenvalue weighted by molar-refractivity contribution is -0.224. The number of alkyl halides is 1. The quantitative estimate of drug-likeness (QED) is 0.544. The van der Waals surface area contributed by atoms with Crippen LogP contribution in [-0.4, -0.2) is 17.6 Å². The molecule has 72 valence electrons. The molecule has 7 unspecified atom stereocenters. The largest absolute Gasteiger partial charge is 0.373 e. The van der Waals surface area contributed by atoms with Crippen LogP contribution in [0.4, 0.5) is 0 Å². The molecule has 5 aliphatic rings. The van der Waals surface area contributed by atoms with Crippen molar-refractivity contribution in [3.63, 3.8) is 0 Å². The topological polar surface area (TPSA) is 9.23 Å². The van der Waals surface area contributed by atoms with Crippen LogP contribution >= 0.6 is 11.6 Å². The molecule has 0 amide bonds. The molecule has 5 rings (SSSR count). The summed E-state index contributed by atoms with van der Waals surface area (Å²) in [6.45, 7) is 0. The highest BCUT2D eigenvalue weighted by atomic mass is 35.5. The normalized spacial score (nSPS) is 67.6. The third kappa shape index (κ3) is 0.794. The van der Waals surface area contributed by atoms with Crippen molar-refractivity contribution >= 4 is 11.6 Å². The van der Waals surface area contributed by atoms with Crippen LogP contribution in [0.15, 0.2) is 0 Å². The fourth-order valence-corrected chi connectivity index (χ4v) is 5.05. The smallest absolute Gasteiger partial charge is 0.0773 e. The summed E-state index contributed by atoms with van der Waals surface area (Å²) in [5, 5.41) is 0.348. The molecule has 0 aromatic rings. The van der Waals surface area contributed by atoms with Crippen molar-refractivity contribution in [3.8, 4) is 0 Å². The molecule has 1 nitrogen and oxygen atoms in total. The maximum atomic E-state index is 6.47. The predicted molar refractivity (Wildman–Crippen MR) is 50.7 cm³/mol. The van der Waals surface area contributed by atoms with Gasteiger partial charge in [0.25, 0.3) is 0 Å². The molecule has 2 saturated heterocycles. The lowest BCUT2D eigenvalue weighted by atomic mass is 9.53. The minimum atomic E-state index is 0.348. The zero-order chi connectivity index (χ0) is 8.58. The summed E-state index contributed by atoms with van der Waals surface area (Å²) in [5.41, 5.74) is 0. The predicted octanol–water partition coefficient (Wildman–Crippen LogP) is 2.43. The van der Waals surface area contributed by atoms with Crippen LogP contribution in [0.3, 0.4) is 0 Å². The van der Waals surface area contributed by atoms with Gasteiger partial charge in [0, 0.05) is 0 Å². The van der Waals surface area contributed by atoms with Gasteiger partial charge in [0.15, 0.2) is 0 Å². The van der Waals surface area contributed by atoms with Gasteiger partial charge >= 0.3 is 0 Å². The Labute approximate surface area is 83.8 Å². The second-order valence-electron chi connectivity index (χ2n) is 5.47. The van der Waals surface area contributed by atoms with Crippen molar-refractivity contribution in [2.75, 3.05) is 0 Å². The molecule has 2 heterocycles. The number of halogens is 1. The molecular weight excluding hydrogens is 184 g/mol. The van der Waals surface area contributed by atoms with E-state index in [4.69, 9.17) is 16.3 Å². The Hall–Kier alpha value is 0.250. The standard InChI is InChI=1S/C11H15ClO/c12-10-8-4-9-6-1-5(8)2-7(3-6)11(10)13-9/h5-11H,1-4H2. The first-order valence-corrected chi connectivity index (χ1v) is 6.06. The summed E-state index contributed by atoms with van der Waals surface area (Å²) in [5.74, 6) is 3.49. The first-order valence-electron chi connectivity index (χ1n) is 5.62. The lowest BCUT2D eigenvalue weighted by Crippen LogP contribution is -2.62. The zero-order valence-electron chi connectivity index (χ0n) is 7.66. The van der Waals surface area contributed by atoms with Crippen molar-refractivity contribution in [2.45, 2.75) is 43.3 Å². The molecule has 0 aromatic heterocycles. The maximum absolute atomic E-state index is 6.47. The van der Waals surface area contributed by atoms with E-state index in [1.54, 1.807) is 0 Å². The van der Waals surface area contributed by atoms with E-state index < -0.39 is 0 Å². The van der Waals surface area contributed by atoms with Crippen LogP contribution in [0.25, 0.3) is 0 Å². The first kappa shape index (κ1) is 7.53. The van der Waals surface area contributed by atoms with Crippen molar-refractivity contribution in [2.24, 2.45) is 23.7 Å². The number of ether oxygens (including phenoxy) is 1.